The third kappa shape index (κ3) is 4.83. The van der Waals surface area contributed by atoms with Gasteiger partial charge in [-0.15, -0.1) is 0 Å². The number of hydrogen-bond acceptors (Lipinski definition) is 4. The average Bonchev–Trinajstić information content (AvgIpc) is 3.05. The molecule has 236 valence electrons. The summed E-state index contributed by atoms with van der Waals surface area (Å²) in [4.78, 5) is 27.1. The molecule has 0 aliphatic heterocycles. The van der Waals surface area contributed by atoms with Crippen LogP contribution >= 0.6 is 0 Å². The maximum atomic E-state index is 13.5. The van der Waals surface area contributed by atoms with Crippen molar-refractivity contribution in [3.63, 3.8) is 0 Å². The predicted molar refractivity (Wildman–Crippen MR) is 199 cm³/mol. The van der Waals surface area contributed by atoms with E-state index < -0.39 is 11.3 Å². The van der Waals surface area contributed by atoms with Crippen molar-refractivity contribution in [1.29, 1.82) is 0 Å². The van der Waals surface area contributed by atoms with Crippen LogP contribution in [0.2, 0.25) is 0 Å². The Morgan fingerprint density at radius 2 is 0.812 bits per heavy atom. The second kappa shape index (κ2) is 10.5. The third-order valence-electron chi connectivity index (χ3n) is 9.70. The lowest BCUT2D eigenvalue weighted by molar-refractivity contribution is 0.563. The molecule has 0 aliphatic rings. The van der Waals surface area contributed by atoms with Gasteiger partial charge in [-0.05, 0) is 89.7 Å². The van der Waals surface area contributed by atoms with E-state index in [0.717, 1.165) is 54.2 Å². The van der Waals surface area contributed by atoms with Gasteiger partial charge in [0, 0.05) is 10.8 Å². The molecular weight excluding hydrogens is 592 g/mol. The molecule has 4 nitrogen and oxygen atoms in total. The molecule has 6 aromatic carbocycles. The molecular formula is C44H36O4. The molecule has 0 N–H and O–H groups in total. The van der Waals surface area contributed by atoms with Crippen LogP contribution in [0.1, 0.15) is 52.7 Å². The first-order valence-electron chi connectivity index (χ1n) is 16.4. The fraction of sp³-hybridized carbons (Fsp3) is 0.182. The molecule has 0 fully saturated rings. The van der Waals surface area contributed by atoms with Crippen LogP contribution in [0.3, 0.4) is 0 Å². The Morgan fingerprint density at radius 1 is 0.396 bits per heavy atom. The third-order valence-corrected chi connectivity index (χ3v) is 9.70. The largest absolute Gasteiger partial charge is 0.422 e. The van der Waals surface area contributed by atoms with Gasteiger partial charge in [-0.1, -0.05) is 126 Å². The van der Waals surface area contributed by atoms with Crippen LogP contribution in [-0.2, 0) is 10.8 Å². The molecule has 0 saturated heterocycles. The van der Waals surface area contributed by atoms with E-state index in [9.17, 15) is 9.59 Å². The summed E-state index contributed by atoms with van der Waals surface area (Å²) in [5, 5.41) is 7.72. The molecule has 0 spiro atoms. The summed E-state index contributed by atoms with van der Waals surface area (Å²) in [5.74, 6) is 0. The van der Waals surface area contributed by atoms with Gasteiger partial charge in [-0.2, -0.15) is 0 Å². The summed E-state index contributed by atoms with van der Waals surface area (Å²) in [5.41, 5.74) is 5.27. The number of rotatable bonds is 2. The molecule has 8 rings (SSSR count). The molecule has 8 aromatic rings. The highest BCUT2D eigenvalue weighted by Crippen LogP contribution is 2.37. The first kappa shape index (κ1) is 29.9. The van der Waals surface area contributed by atoms with E-state index in [0.29, 0.717) is 22.3 Å². The molecule has 2 heterocycles. The maximum absolute atomic E-state index is 13.5. The van der Waals surface area contributed by atoms with E-state index in [2.05, 4.69) is 77.9 Å². The highest BCUT2D eigenvalue weighted by Gasteiger charge is 2.19. The molecule has 0 radical (unpaired) electrons. The van der Waals surface area contributed by atoms with E-state index >= 15 is 0 Å². The van der Waals surface area contributed by atoms with Crippen LogP contribution in [0.4, 0.5) is 0 Å². The predicted octanol–water partition coefficient (Wildman–Crippen LogP) is 11.3. The van der Waals surface area contributed by atoms with E-state index in [-0.39, 0.29) is 10.8 Å². The Bertz CT molecular complexity index is 2540. The molecule has 48 heavy (non-hydrogen) atoms. The Labute approximate surface area is 278 Å². The van der Waals surface area contributed by atoms with Crippen LogP contribution in [0.5, 0.6) is 0 Å². The summed E-state index contributed by atoms with van der Waals surface area (Å²) in [6.07, 6.45) is 0. The van der Waals surface area contributed by atoms with E-state index in [1.807, 2.05) is 72.8 Å². The van der Waals surface area contributed by atoms with Crippen molar-refractivity contribution in [2.24, 2.45) is 0 Å². The van der Waals surface area contributed by atoms with Gasteiger partial charge in [0.15, 0.2) is 0 Å². The van der Waals surface area contributed by atoms with Crippen LogP contribution in [-0.4, -0.2) is 0 Å². The fourth-order valence-corrected chi connectivity index (χ4v) is 6.95. The van der Waals surface area contributed by atoms with Gasteiger partial charge >= 0.3 is 11.3 Å². The molecule has 4 heteroatoms. The minimum atomic E-state index is -0.405. The second-order valence-electron chi connectivity index (χ2n) is 14.9. The smallest absolute Gasteiger partial charge is 0.344 e. The molecule has 0 bridgehead atoms. The standard InChI is InChI=1S/C44H36O4/c1-43(2,3)27-15-17-29-25(21-27)13-19-39-35(29)23-37(41(45)47-39)33-11-7-10-32-31(33)9-8-12-34(32)38-24-36-30-18-16-28(44(4,5)6)22-26(30)14-20-40(36)48-42(38)46/h7-24H,1-6H3. The van der Waals surface area contributed by atoms with Crippen molar-refractivity contribution in [3.05, 3.63) is 141 Å². The average molecular weight is 629 g/mol. The van der Waals surface area contributed by atoms with Crippen LogP contribution in [0.25, 0.3) is 76.5 Å². The lowest BCUT2D eigenvalue weighted by atomic mass is 9.85. The molecule has 0 amide bonds. The lowest BCUT2D eigenvalue weighted by Gasteiger charge is -2.19. The number of hydrogen-bond donors (Lipinski definition) is 0. The summed E-state index contributed by atoms with van der Waals surface area (Å²) >= 11 is 0. The SMILES string of the molecule is CC(C)(C)c1ccc2c(ccc3oc(=O)c(-c4cccc5c(-c6cc7c(ccc8cc(C(C)(C)C)ccc87)oc6=O)cccc45)cc32)c1. The summed E-state index contributed by atoms with van der Waals surface area (Å²) < 4.78 is 11.9. The van der Waals surface area contributed by atoms with Crippen molar-refractivity contribution in [3.8, 4) is 22.3 Å². The van der Waals surface area contributed by atoms with Crippen LogP contribution in [0.15, 0.2) is 128 Å². The van der Waals surface area contributed by atoms with Gasteiger partial charge in [-0.3, -0.25) is 0 Å². The summed E-state index contributed by atoms with van der Waals surface area (Å²) in [7, 11) is 0. The Morgan fingerprint density at radius 3 is 1.21 bits per heavy atom. The lowest BCUT2D eigenvalue weighted by Crippen LogP contribution is -2.10. The van der Waals surface area contributed by atoms with Gasteiger partial charge in [0.05, 0.1) is 11.1 Å². The normalized spacial score (nSPS) is 12.5. The summed E-state index contributed by atoms with van der Waals surface area (Å²) in [6, 6.07) is 36.4. The minimum Gasteiger partial charge on any atom is -0.422 e. The Kier molecular flexibility index (Phi) is 6.55. The number of fused-ring (bicyclic) bond motifs is 7. The van der Waals surface area contributed by atoms with Gasteiger partial charge in [0.2, 0.25) is 0 Å². The first-order chi connectivity index (χ1) is 22.9. The van der Waals surface area contributed by atoms with E-state index in [4.69, 9.17) is 8.83 Å². The van der Waals surface area contributed by atoms with Crippen molar-refractivity contribution < 1.29 is 8.83 Å². The Hall–Kier alpha value is -5.48. The van der Waals surface area contributed by atoms with E-state index in [1.165, 1.54) is 11.1 Å². The molecule has 2 aromatic heterocycles. The molecule has 0 aliphatic carbocycles. The zero-order valence-corrected chi connectivity index (χ0v) is 28.0. The zero-order chi connectivity index (χ0) is 33.5. The van der Waals surface area contributed by atoms with Gasteiger partial charge in [-0.25, -0.2) is 9.59 Å². The van der Waals surface area contributed by atoms with Gasteiger partial charge in [0.25, 0.3) is 0 Å². The first-order valence-corrected chi connectivity index (χ1v) is 16.4. The van der Waals surface area contributed by atoms with Gasteiger partial charge in [0.1, 0.15) is 11.2 Å². The monoisotopic (exact) mass is 628 g/mol. The maximum Gasteiger partial charge on any atom is 0.344 e. The second-order valence-corrected chi connectivity index (χ2v) is 14.9. The van der Waals surface area contributed by atoms with Gasteiger partial charge < -0.3 is 8.83 Å². The van der Waals surface area contributed by atoms with Crippen molar-refractivity contribution in [2.45, 2.75) is 52.4 Å². The molecule has 0 atom stereocenters. The quantitative estimate of drug-likeness (QED) is 0.141. The highest BCUT2D eigenvalue weighted by molar-refractivity contribution is 6.11. The van der Waals surface area contributed by atoms with E-state index in [1.54, 1.807) is 0 Å². The highest BCUT2D eigenvalue weighted by atomic mass is 16.4. The minimum absolute atomic E-state index is 0.0172. The van der Waals surface area contributed by atoms with Crippen LogP contribution in [0, 0.1) is 0 Å². The van der Waals surface area contributed by atoms with Crippen LogP contribution < -0.4 is 11.3 Å². The molecule has 0 saturated carbocycles. The zero-order valence-electron chi connectivity index (χ0n) is 28.0. The fourth-order valence-electron chi connectivity index (χ4n) is 6.95. The van der Waals surface area contributed by atoms with Crippen molar-refractivity contribution in [2.75, 3.05) is 0 Å². The van der Waals surface area contributed by atoms with Crippen molar-refractivity contribution >= 4 is 54.3 Å². The van der Waals surface area contributed by atoms with Crippen molar-refractivity contribution in [1.82, 2.24) is 0 Å². The Balaban J connectivity index is 1.32. The molecule has 0 unspecified atom stereocenters. The topological polar surface area (TPSA) is 60.4 Å². The number of benzene rings is 6. The summed E-state index contributed by atoms with van der Waals surface area (Å²) in [6.45, 7) is 13.2.